The Morgan fingerprint density at radius 2 is 1.69 bits per heavy atom. The lowest BCUT2D eigenvalue weighted by atomic mass is 10.1. The lowest BCUT2D eigenvalue weighted by Gasteiger charge is -2.36. The van der Waals surface area contributed by atoms with Gasteiger partial charge in [-0.2, -0.15) is 0 Å². The zero-order valence-corrected chi connectivity index (χ0v) is 25.7. The standard InChI is InChI=1S/C28H27Cl2IN4O3S/c1-2-15-38-21-7-3-18(4-8-21)27(37)35-13-11-34(12-14-35)25-10-6-20(17-24(25)30)32-28(39)33-26(36)22-16-19(31)5-9-23(22)29/h3-10,16-17H,2,11-15H2,1H3,(H2,32,33,36,39). The minimum atomic E-state index is -0.396. The van der Waals surface area contributed by atoms with Crippen molar-refractivity contribution in [1.82, 2.24) is 10.2 Å². The summed E-state index contributed by atoms with van der Waals surface area (Å²) in [4.78, 5) is 29.5. The zero-order chi connectivity index (χ0) is 27.9. The Balaban J connectivity index is 1.31. The van der Waals surface area contributed by atoms with Gasteiger partial charge in [-0.1, -0.05) is 30.1 Å². The van der Waals surface area contributed by atoms with Crippen molar-refractivity contribution >= 4 is 86.3 Å². The summed E-state index contributed by atoms with van der Waals surface area (Å²) in [6.07, 6.45) is 0.934. The third kappa shape index (κ3) is 7.75. The Labute approximate surface area is 256 Å². The van der Waals surface area contributed by atoms with E-state index in [4.69, 9.17) is 40.2 Å². The van der Waals surface area contributed by atoms with Crippen LogP contribution in [0, 0.1) is 3.57 Å². The molecule has 0 saturated carbocycles. The SMILES string of the molecule is CCCOc1ccc(C(=O)N2CCN(c3ccc(NC(=S)NC(=O)c4cc(I)ccc4Cl)cc3Cl)CC2)cc1. The molecule has 7 nitrogen and oxygen atoms in total. The summed E-state index contributed by atoms with van der Waals surface area (Å²) in [5.74, 6) is 0.376. The summed E-state index contributed by atoms with van der Waals surface area (Å²) in [6, 6.07) is 18.0. The molecule has 0 spiro atoms. The number of thiocarbonyl (C=S) groups is 1. The molecular weight excluding hydrogens is 670 g/mol. The number of nitrogens with one attached hydrogen (secondary N) is 2. The molecule has 0 bridgehead atoms. The molecule has 1 aliphatic rings. The maximum absolute atomic E-state index is 13.0. The second kappa shape index (κ2) is 13.6. The van der Waals surface area contributed by atoms with Crippen LogP contribution in [0.15, 0.2) is 60.7 Å². The molecule has 1 heterocycles. The average Bonchev–Trinajstić information content (AvgIpc) is 2.93. The van der Waals surface area contributed by atoms with Crippen molar-refractivity contribution < 1.29 is 14.3 Å². The van der Waals surface area contributed by atoms with Gasteiger partial charge in [0.2, 0.25) is 0 Å². The third-order valence-electron chi connectivity index (χ3n) is 6.09. The van der Waals surface area contributed by atoms with Gasteiger partial charge in [0.1, 0.15) is 5.75 Å². The highest BCUT2D eigenvalue weighted by Crippen LogP contribution is 2.30. The Morgan fingerprint density at radius 1 is 0.974 bits per heavy atom. The summed E-state index contributed by atoms with van der Waals surface area (Å²) < 4.78 is 6.49. The Bertz CT molecular complexity index is 1370. The van der Waals surface area contributed by atoms with Crippen molar-refractivity contribution in [3.63, 3.8) is 0 Å². The fraction of sp³-hybridized carbons (Fsp3) is 0.250. The highest BCUT2D eigenvalue weighted by atomic mass is 127. The van der Waals surface area contributed by atoms with Gasteiger partial charge in [0.15, 0.2) is 5.11 Å². The molecule has 204 valence electrons. The fourth-order valence-electron chi connectivity index (χ4n) is 4.09. The van der Waals surface area contributed by atoms with E-state index in [1.807, 2.05) is 47.4 Å². The van der Waals surface area contributed by atoms with Crippen LogP contribution in [-0.2, 0) is 0 Å². The van der Waals surface area contributed by atoms with Gasteiger partial charge in [-0.05, 0) is 102 Å². The second-order valence-electron chi connectivity index (χ2n) is 8.85. The maximum atomic E-state index is 13.0. The highest BCUT2D eigenvalue weighted by Gasteiger charge is 2.23. The molecule has 0 unspecified atom stereocenters. The first kappa shape index (κ1) is 29.4. The first-order valence-electron chi connectivity index (χ1n) is 12.4. The predicted octanol–water partition coefficient (Wildman–Crippen LogP) is 6.48. The molecule has 2 N–H and O–H groups in total. The van der Waals surface area contributed by atoms with E-state index in [-0.39, 0.29) is 11.0 Å². The van der Waals surface area contributed by atoms with Crippen molar-refractivity contribution in [2.75, 3.05) is 43.0 Å². The summed E-state index contributed by atoms with van der Waals surface area (Å²) in [5.41, 5.74) is 2.50. The molecular formula is C28H27Cl2IN4O3S. The average molecular weight is 697 g/mol. The van der Waals surface area contributed by atoms with Gasteiger partial charge in [0.05, 0.1) is 27.9 Å². The minimum absolute atomic E-state index is 0.00407. The number of halogens is 3. The van der Waals surface area contributed by atoms with Crippen molar-refractivity contribution in [3.8, 4) is 5.75 Å². The molecule has 4 rings (SSSR count). The molecule has 1 aliphatic heterocycles. The molecule has 11 heteroatoms. The molecule has 0 atom stereocenters. The van der Waals surface area contributed by atoms with Gasteiger partial charge >= 0.3 is 0 Å². The van der Waals surface area contributed by atoms with Crippen molar-refractivity contribution in [2.24, 2.45) is 0 Å². The summed E-state index contributed by atoms with van der Waals surface area (Å²) in [5, 5.41) is 6.66. The van der Waals surface area contributed by atoms with Gasteiger partial charge in [-0.25, -0.2) is 0 Å². The number of anilines is 2. The molecule has 2 amide bonds. The van der Waals surface area contributed by atoms with Gasteiger partial charge in [0, 0.05) is 41.0 Å². The molecule has 0 aliphatic carbocycles. The van der Waals surface area contributed by atoms with Gasteiger partial charge in [0.25, 0.3) is 11.8 Å². The summed E-state index contributed by atoms with van der Waals surface area (Å²) >= 11 is 20.2. The van der Waals surface area contributed by atoms with E-state index < -0.39 is 5.91 Å². The molecule has 0 aromatic heterocycles. The van der Waals surface area contributed by atoms with Crippen LogP contribution < -0.4 is 20.3 Å². The first-order chi connectivity index (χ1) is 18.7. The van der Waals surface area contributed by atoms with Crippen LogP contribution in [0.25, 0.3) is 0 Å². The number of hydrogen-bond donors (Lipinski definition) is 2. The Morgan fingerprint density at radius 3 is 2.36 bits per heavy atom. The van der Waals surface area contributed by atoms with Crippen molar-refractivity contribution in [3.05, 3.63) is 85.4 Å². The van der Waals surface area contributed by atoms with E-state index >= 15 is 0 Å². The van der Waals surface area contributed by atoms with Crippen LogP contribution in [0.5, 0.6) is 5.75 Å². The van der Waals surface area contributed by atoms with Gasteiger partial charge in [-0.3, -0.25) is 14.9 Å². The van der Waals surface area contributed by atoms with E-state index in [1.54, 1.807) is 18.2 Å². The molecule has 1 saturated heterocycles. The molecule has 3 aromatic rings. The molecule has 39 heavy (non-hydrogen) atoms. The Kier molecular flexibility index (Phi) is 10.3. The minimum Gasteiger partial charge on any atom is -0.494 e. The topological polar surface area (TPSA) is 73.9 Å². The van der Waals surface area contributed by atoms with Crippen LogP contribution >= 0.6 is 58.0 Å². The van der Waals surface area contributed by atoms with Gasteiger partial charge < -0.3 is 19.9 Å². The number of nitrogens with zero attached hydrogens (tertiary/aromatic N) is 2. The predicted molar refractivity (Wildman–Crippen MR) is 170 cm³/mol. The number of carbonyl (C=O) groups excluding carboxylic acids is 2. The van der Waals surface area contributed by atoms with E-state index in [1.165, 1.54) is 0 Å². The van der Waals surface area contributed by atoms with E-state index in [0.717, 1.165) is 21.4 Å². The fourth-order valence-corrected chi connectivity index (χ4v) is 5.30. The highest BCUT2D eigenvalue weighted by molar-refractivity contribution is 14.1. The number of carbonyl (C=O) groups is 2. The second-order valence-corrected chi connectivity index (χ2v) is 11.3. The van der Waals surface area contributed by atoms with Crippen molar-refractivity contribution in [2.45, 2.75) is 13.3 Å². The molecule has 3 aromatic carbocycles. The van der Waals surface area contributed by atoms with Crippen LogP contribution in [0.3, 0.4) is 0 Å². The van der Waals surface area contributed by atoms with E-state index in [2.05, 4.69) is 45.0 Å². The maximum Gasteiger partial charge on any atom is 0.258 e. The molecule has 0 radical (unpaired) electrons. The number of amides is 2. The number of benzene rings is 3. The van der Waals surface area contributed by atoms with Crippen molar-refractivity contribution in [1.29, 1.82) is 0 Å². The zero-order valence-electron chi connectivity index (χ0n) is 21.2. The Hall–Kier alpha value is -2.60. The quantitative estimate of drug-likeness (QED) is 0.218. The summed E-state index contributed by atoms with van der Waals surface area (Å²) in [7, 11) is 0. The number of piperazine rings is 1. The van der Waals surface area contributed by atoms with Crippen LogP contribution in [0.2, 0.25) is 10.0 Å². The van der Waals surface area contributed by atoms with Crippen LogP contribution in [0.1, 0.15) is 34.1 Å². The first-order valence-corrected chi connectivity index (χ1v) is 14.6. The summed E-state index contributed by atoms with van der Waals surface area (Å²) in [6.45, 7) is 5.18. The van der Waals surface area contributed by atoms with E-state index in [9.17, 15) is 9.59 Å². The lowest BCUT2D eigenvalue weighted by molar-refractivity contribution is 0.0746. The number of hydrogen-bond acceptors (Lipinski definition) is 5. The number of rotatable bonds is 7. The number of ether oxygens (including phenoxy) is 1. The molecule has 1 fully saturated rings. The smallest absolute Gasteiger partial charge is 0.258 e. The monoisotopic (exact) mass is 696 g/mol. The normalized spacial score (nSPS) is 13.1. The lowest BCUT2D eigenvalue weighted by Crippen LogP contribution is -2.48. The van der Waals surface area contributed by atoms with Gasteiger partial charge in [-0.15, -0.1) is 0 Å². The van der Waals surface area contributed by atoms with Crippen LogP contribution in [-0.4, -0.2) is 54.6 Å². The van der Waals surface area contributed by atoms with E-state index in [0.29, 0.717) is 59.6 Å². The largest absolute Gasteiger partial charge is 0.494 e. The third-order valence-corrected chi connectivity index (χ3v) is 7.59. The van der Waals surface area contributed by atoms with Crippen LogP contribution in [0.4, 0.5) is 11.4 Å².